The van der Waals surface area contributed by atoms with Crippen molar-refractivity contribution in [3.63, 3.8) is 0 Å². The van der Waals surface area contributed by atoms with Crippen molar-refractivity contribution in [2.75, 3.05) is 7.11 Å². The van der Waals surface area contributed by atoms with E-state index in [0.29, 0.717) is 11.4 Å². The van der Waals surface area contributed by atoms with Crippen LogP contribution in [0.4, 0.5) is 0 Å². The summed E-state index contributed by atoms with van der Waals surface area (Å²) in [5, 5.41) is 10.6. The van der Waals surface area contributed by atoms with Gasteiger partial charge in [-0.2, -0.15) is 5.26 Å². The van der Waals surface area contributed by atoms with Crippen molar-refractivity contribution >= 4 is 10.8 Å². The molecule has 3 heteroatoms. The molecule has 0 radical (unpaired) electrons. The van der Waals surface area contributed by atoms with Crippen LogP contribution in [0.3, 0.4) is 0 Å². The normalized spacial score (nSPS) is 8.88. The maximum absolute atomic E-state index is 8.73. The van der Waals surface area contributed by atoms with Crippen LogP contribution in [-0.4, -0.2) is 12.1 Å². The van der Waals surface area contributed by atoms with Gasteiger partial charge in [0.15, 0.2) is 0 Å². The molecule has 1 aromatic heterocycles. The van der Waals surface area contributed by atoms with Gasteiger partial charge in [-0.25, -0.2) is 4.98 Å². The van der Waals surface area contributed by atoms with E-state index in [4.69, 9.17) is 10.00 Å². The van der Waals surface area contributed by atoms with E-state index in [-0.39, 0.29) is 0 Å². The second-order valence-electron chi connectivity index (χ2n) is 2.87. The number of fused-ring (bicyclic) bond motifs is 1. The Morgan fingerprint density at radius 3 is 2.62 bits per heavy atom. The minimum atomic E-state index is 0.590. The average Bonchev–Trinajstić information content (AvgIpc) is 2.39. The van der Waals surface area contributed by atoms with Crippen LogP contribution >= 0.6 is 0 Å². The quantitative estimate of drug-likeness (QED) is 0.732. The minimum Gasteiger partial charge on any atom is -0.481 e. The molecule has 0 atom stereocenters. The number of hydrogen-bond acceptors (Lipinski definition) is 3. The van der Waals surface area contributed by atoms with E-state index in [9.17, 15) is 0 Å². The number of ether oxygens (including phenoxy) is 1. The van der Waals surface area contributed by atoms with E-state index in [1.165, 1.54) is 0 Å². The zero-order valence-electron chi connectivity index (χ0n) is 9.69. The van der Waals surface area contributed by atoms with Gasteiger partial charge in [-0.05, 0) is 29.7 Å². The topological polar surface area (TPSA) is 45.9 Å². The summed E-state index contributed by atoms with van der Waals surface area (Å²) in [6.07, 6.45) is 1.67. The lowest BCUT2D eigenvalue weighted by atomic mass is 10.1. The molecule has 0 aliphatic carbocycles. The average molecular weight is 214 g/mol. The molecule has 1 heterocycles. The van der Waals surface area contributed by atoms with Crippen molar-refractivity contribution in [2.45, 2.75) is 13.8 Å². The summed E-state index contributed by atoms with van der Waals surface area (Å²) in [4.78, 5) is 4.08. The van der Waals surface area contributed by atoms with Gasteiger partial charge in [0.25, 0.3) is 0 Å². The van der Waals surface area contributed by atoms with E-state index >= 15 is 0 Å². The van der Waals surface area contributed by atoms with Crippen LogP contribution in [0.15, 0.2) is 30.5 Å². The zero-order chi connectivity index (χ0) is 12.0. The second-order valence-corrected chi connectivity index (χ2v) is 2.87. The van der Waals surface area contributed by atoms with Crippen LogP contribution in [0.25, 0.3) is 10.8 Å². The second kappa shape index (κ2) is 5.72. The molecular formula is C13H14N2O. The summed E-state index contributed by atoms with van der Waals surface area (Å²) < 4.78 is 5.11. The molecule has 0 aliphatic heterocycles. The van der Waals surface area contributed by atoms with Gasteiger partial charge in [0.1, 0.15) is 0 Å². The standard InChI is InChI=1S/C11H8N2O.C2H6/c1-14-11-10-3-2-8(7-12)6-9(10)4-5-13-11;1-2/h2-6H,1H3;1-2H3. The number of nitrogens with zero attached hydrogens (tertiary/aromatic N) is 2. The Morgan fingerprint density at radius 1 is 1.25 bits per heavy atom. The maximum atomic E-state index is 8.73. The number of methoxy groups -OCH3 is 1. The van der Waals surface area contributed by atoms with Crippen LogP contribution < -0.4 is 4.74 Å². The van der Waals surface area contributed by atoms with Gasteiger partial charge in [0, 0.05) is 11.6 Å². The Bertz CT molecular complexity index is 515. The van der Waals surface area contributed by atoms with Crippen LogP contribution in [0.1, 0.15) is 19.4 Å². The third-order valence-corrected chi connectivity index (χ3v) is 2.05. The molecule has 0 spiro atoms. The lowest BCUT2D eigenvalue weighted by Gasteiger charge is -2.03. The number of aromatic nitrogens is 1. The van der Waals surface area contributed by atoms with Crippen molar-refractivity contribution in [1.82, 2.24) is 4.98 Å². The van der Waals surface area contributed by atoms with Crippen LogP contribution in [0.5, 0.6) is 5.88 Å². The fraction of sp³-hybridized carbons (Fsp3) is 0.231. The van der Waals surface area contributed by atoms with Crippen molar-refractivity contribution in [2.24, 2.45) is 0 Å². The number of hydrogen-bond donors (Lipinski definition) is 0. The van der Waals surface area contributed by atoms with Crippen molar-refractivity contribution in [1.29, 1.82) is 5.26 Å². The van der Waals surface area contributed by atoms with Gasteiger partial charge in [0.2, 0.25) is 5.88 Å². The monoisotopic (exact) mass is 214 g/mol. The summed E-state index contributed by atoms with van der Waals surface area (Å²) in [6, 6.07) is 9.38. The Balaban J connectivity index is 0.000000606. The lowest BCUT2D eigenvalue weighted by Crippen LogP contribution is -1.88. The summed E-state index contributed by atoms with van der Waals surface area (Å²) in [5.74, 6) is 0.590. The molecule has 16 heavy (non-hydrogen) atoms. The maximum Gasteiger partial charge on any atom is 0.221 e. The largest absolute Gasteiger partial charge is 0.481 e. The summed E-state index contributed by atoms with van der Waals surface area (Å²) in [7, 11) is 1.58. The first kappa shape index (κ1) is 12.0. The molecule has 1 aromatic carbocycles. The first-order valence-corrected chi connectivity index (χ1v) is 5.18. The molecule has 82 valence electrons. The van der Waals surface area contributed by atoms with Gasteiger partial charge in [-0.1, -0.05) is 13.8 Å². The Morgan fingerprint density at radius 2 is 2.00 bits per heavy atom. The number of rotatable bonds is 1. The fourth-order valence-corrected chi connectivity index (χ4v) is 1.38. The van der Waals surface area contributed by atoms with Crippen LogP contribution in [0, 0.1) is 11.3 Å². The summed E-state index contributed by atoms with van der Waals surface area (Å²) in [5.41, 5.74) is 0.644. The molecule has 0 fully saturated rings. The molecule has 0 unspecified atom stereocenters. The van der Waals surface area contributed by atoms with Crippen molar-refractivity contribution in [3.05, 3.63) is 36.0 Å². The molecule has 2 rings (SSSR count). The molecule has 3 nitrogen and oxygen atoms in total. The van der Waals surface area contributed by atoms with Gasteiger partial charge >= 0.3 is 0 Å². The van der Waals surface area contributed by atoms with Gasteiger partial charge in [0.05, 0.1) is 18.7 Å². The highest BCUT2D eigenvalue weighted by atomic mass is 16.5. The lowest BCUT2D eigenvalue weighted by molar-refractivity contribution is 0.403. The smallest absolute Gasteiger partial charge is 0.221 e. The summed E-state index contributed by atoms with van der Waals surface area (Å²) >= 11 is 0. The van der Waals surface area contributed by atoms with E-state index in [2.05, 4.69) is 11.1 Å². The SMILES string of the molecule is CC.COc1nccc2cc(C#N)ccc12. The zero-order valence-corrected chi connectivity index (χ0v) is 9.69. The fourth-order valence-electron chi connectivity index (χ4n) is 1.38. The van der Waals surface area contributed by atoms with Gasteiger partial charge in [-0.15, -0.1) is 0 Å². The third-order valence-electron chi connectivity index (χ3n) is 2.05. The molecule has 0 amide bonds. The highest BCUT2D eigenvalue weighted by Gasteiger charge is 2.02. The molecule has 0 saturated heterocycles. The first-order valence-electron chi connectivity index (χ1n) is 5.18. The molecule has 0 bridgehead atoms. The van der Waals surface area contributed by atoms with E-state index in [1.807, 2.05) is 32.0 Å². The number of benzene rings is 1. The highest BCUT2D eigenvalue weighted by Crippen LogP contribution is 2.23. The molecule has 2 aromatic rings. The predicted octanol–water partition coefficient (Wildman–Crippen LogP) is 3.14. The molecule has 0 N–H and O–H groups in total. The Kier molecular flexibility index (Phi) is 4.28. The predicted molar refractivity (Wildman–Crippen MR) is 64.4 cm³/mol. The van der Waals surface area contributed by atoms with E-state index in [1.54, 1.807) is 19.4 Å². The molecular weight excluding hydrogens is 200 g/mol. The van der Waals surface area contributed by atoms with E-state index < -0.39 is 0 Å². The van der Waals surface area contributed by atoms with Gasteiger partial charge in [-0.3, -0.25) is 0 Å². The third kappa shape index (κ3) is 2.29. The first-order chi connectivity index (χ1) is 7.85. The minimum absolute atomic E-state index is 0.590. The Hall–Kier alpha value is -2.08. The summed E-state index contributed by atoms with van der Waals surface area (Å²) in [6.45, 7) is 4.00. The molecule has 0 saturated carbocycles. The highest BCUT2D eigenvalue weighted by molar-refractivity contribution is 5.87. The van der Waals surface area contributed by atoms with Crippen molar-refractivity contribution < 1.29 is 4.74 Å². The van der Waals surface area contributed by atoms with Crippen LogP contribution in [-0.2, 0) is 0 Å². The van der Waals surface area contributed by atoms with Crippen molar-refractivity contribution in [3.8, 4) is 11.9 Å². The molecule has 0 aliphatic rings. The van der Waals surface area contributed by atoms with E-state index in [0.717, 1.165) is 10.8 Å². The number of nitriles is 1. The van der Waals surface area contributed by atoms with Gasteiger partial charge < -0.3 is 4.74 Å². The number of pyridine rings is 1. The van der Waals surface area contributed by atoms with Crippen LogP contribution in [0.2, 0.25) is 0 Å². The Labute approximate surface area is 95.3 Å².